The maximum atomic E-state index is 12.5. The zero-order chi connectivity index (χ0) is 18.2. The van der Waals surface area contributed by atoms with Gasteiger partial charge < -0.3 is 10.0 Å². The summed E-state index contributed by atoms with van der Waals surface area (Å²) in [7, 11) is 0. The maximum absolute atomic E-state index is 12.5. The highest BCUT2D eigenvalue weighted by atomic mass is 16.3. The Morgan fingerprint density at radius 2 is 1.92 bits per heavy atom. The largest absolute Gasteiger partial charge is 0.387 e. The Kier molecular flexibility index (Phi) is 7.45. The third-order valence-corrected chi connectivity index (χ3v) is 4.74. The second-order valence-electron chi connectivity index (χ2n) is 6.62. The number of likely N-dealkylation sites (N-methyl/N-ethyl adjacent to an activating group) is 1. The van der Waals surface area contributed by atoms with Gasteiger partial charge in [-0.3, -0.25) is 14.6 Å². The number of nitrogens with zero attached hydrogens (tertiary/aromatic N) is 3. The van der Waals surface area contributed by atoms with Gasteiger partial charge in [-0.05, 0) is 19.0 Å². The van der Waals surface area contributed by atoms with Crippen LogP contribution in [0.1, 0.15) is 24.2 Å². The number of terminal acetylenes is 1. The van der Waals surface area contributed by atoms with Crippen LogP contribution in [0.3, 0.4) is 0 Å². The third kappa shape index (κ3) is 5.86. The summed E-state index contributed by atoms with van der Waals surface area (Å²) in [6.07, 6.45) is 4.76. The van der Waals surface area contributed by atoms with Crippen molar-refractivity contribution in [3.63, 3.8) is 0 Å². The Morgan fingerprint density at radius 3 is 2.48 bits per heavy atom. The van der Waals surface area contributed by atoms with Crippen LogP contribution in [0.5, 0.6) is 0 Å². The highest BCUT2D eigenvalue weighted by molar-refractivity contribution is 5.78. The Bertz CT molecular complexity index is 586. The monoisotopic (exact) mass is 343 g/mol. The van der Waals surface area contributed by atoms with Crippen LogP contribution >= 0.6 is 0 Å². The van der Waals surface area contributed by atoms with E-state index in [1.54, 1.807) is 0 Å². The second-order valence-corrected chi connectivity index (χ2v) is 6.62. The molecule has 1 heterocycles. The lowest BCUT2D eigenvalue weighted by atomic mass is 10.1. The van der Waals surface area contributed by atoms with E-state index < -0.39 is 6.10 Å². The van der Waals surface area contributed by atoms with Crippen molar-refractivity contribution in [2.45, 2.75) is 20.0 Å². The first kappa shape index (κ1) is 19.5. The minimum Gasteiger partial charge on any atom is -0.387 e. The van der Waals surface area contributed by atoms with Gasteiger partial charge in [0.25, 0.3) is 0 Å². The molecule has 1 saturated heterocycles. The van der Waals surface area contributed by atoms with Gasteiger partial charge in [0.15, 0.2) is 0 Å². The molecular weight excluding hydrogens is 314 g/mol. The third-order valence-electron chi connectivity index (χ3n) is 4.74. The van der Waals surface area contributed by atoms with Gasteiger partial charge >= 0.3 is 0 Å². The summed E-state index contributed by atoms with van der Waals surface area (Å²) in [4.78, 5) is 18.6. The van der Waals surface area contributed by atoms with Crippen LogP contribution in [-0.2, 0) is 4.79 Å². The molecule has 0 spiro atoms. The Labute approximate surface area is 151 Å². The van der Waals surface area contributed by atoms with E-state index >= 15 is 0 Å². The Hall–Kier alpha value is -1.87. The minimum absolute atomic E-state index is 0.123. The van der Waals surface area contributed by atoms with Crippen LogP contribution in [0, 0.1) is 19.3 Å². The topological polar surface area (TPSA) is 47.0 Å². The summed E-state index contributed by atoms with van der Waals surface area (Å²) in [5, 5.41) is 10.4. The van der Waals surface area contributed by atoms with Crippen molar-refractivity contribution in [3.8, 4) is 12.3 Å². The van der Waals surface area contributed by atoms with E-state index in [4.69, 9.17) is 6.42 Å². The molecule has 136 valence electrons. The zero-order valence-electron chi connectivity index (χ0n) is 15.3. The maximum Gasteiger partial charge on any atom is 0.236 e. The molecule has 1 amide bonds. The molecule has 1 fully saturated rings. The van der Waals surface area contributed by atoms with Crippen LogP contribution < -0.4 is 0 Å². The quantitative estimate of drug-likeness (QED) is 0.754. The second kappa shape index (κ2) is 9.57. The average molecular weight is 343 g/mol. The van der Waals surface area contributed by atoms with E-state index in [0.29, 0.717) is 19.6 Å². The normalized spacial score (nSPS) is 16.7. The Morgan fingerprint density at radius 1 is 1.28 bits per heavy atom. The van der Waals surface area contributed by atoms with E-state index in [1.807, 2.05) is 47.9 Å². The number of carbonyl (C=O) groups excluding carboxylic acids is 1. The number of benzene rings is 1. The number of aliphatic hydroxyl groups excluding tert-OH is 1. The highest BCUT2D eigenvalue weighted by Crippen LogP contribution is 2.15. The molecule has 1 N–H and O–H groups in total. The first-order chi connectivity index (χ1) is 12.0. The predicted molar refractivity (Wildman–Crippen MR) is 100 cm³/mol. The van der Waals surface area contributed by atoms with Crippen molar-refractivity contribution in [2.75, 3.05) is 52.4 Å². The van der Waals surface area contributed by atoms with Gasteiger partial charge in [-0.15, -0.1) is 6.42 Å². The lowest BCUT2D eigenvalue weighted by Gasteiger charge is -2.35. The number of hydrogen-bond acceptors (Lipinski definition) is 4. The number of hydrogen-bond donors (Lipinski definition) is 1. The lowest BCUT2D eigenvalue weighted by Crippen LogP contribution is -2.51. The molecule has 0 aliphatic carbocycles. The molecule has 5 heteroatoms. The van der Waals surface area contributed by atoms with Gasteiger partial charge in [0.2, 0.25) is 5.91 Å². The first-order valence-corrected chi connectivity index (χ1v) is 8.94. The van der Waals surface area contributed by atoms with Crippen molar-refractivity contribution < 1.29 is 9.90 Å². The molecule has 0 aromatic heterocycles. The number of rotatable bonds is 7. The van der Waals surface area contributed by atoms with Gasteiger partial charge in [-0.1, -0.05) is 42.7 Å². The van der Waals surface area contributed by atoms with Gasteiger partial charge in [0.1, 0.15) is 0 Å². The van der Waals surface area contributed by atoms with Crippen LogP contribution in [-0.4, -0.2) is 78.1 Å². The number of carbonyl (C=O) groups is 1. The zero-order valence-corrected chi connectivity index (χ0v) is 15.3. The van der Waals surface area contributed by atoms with E-state index in [1.165, 1.54) is 5.56 Å². The summed E-state index contributed by atoms with van der Waals surface area (Å²) in [6, 6.07) is 7.88. The Balaban J connectivity index is 1.83. The molecule has 0 bridgehead atoms. The average Bonchev–Trinajstić information content (AvgIpc) is 2.62. The molecule has 1 unspecified atom stereocenters. The minimum atomic E-state index is -0.583. The summed E-state index contributed by atoms with van der Waals surface area (Å²) in [6.45, 7) is 9.31. The van der Waals surface area contributed by atoms with Crippen molar-refractivity contribution in [2.24, 2.45) is 0 Å². The molecule has 1 aromatic rings. The molecule has 0 saturated carbocycles. The van der Waals surface area contributed by atoms with Crippen molar-refractivity contribution in [1.29, 1.82) is 0 Å². The summed E-state index contributed by atoms with van der Waals surface area (Å²) in [5.41, 5.74) is 2.06. The SMILES string of the molecule is C#CCN1CCN(C(=O)CN(CC)CC(O)c2ccc(C)cc2)CC1. The highest BCUT2D eigenvalue weighted by Gasteiger charge is 2.23. The number of aliphatic hydroxyl groups is 1. The van der Waals surface area contributed by atoms with Crippen LogP contribution in [0.25, 0.3) is 0 Å². The molecule has 1 aliphatic rings. The standard InChI is InChI=1S/C20H29N3O2/c1-4-10-22-11-13-23(14-12-22)20(25)16-21(5-2)15-19(24)18-8-6-17(3)7-9-18/h1,6-9,19,24H,5,10-16H2,2-3H3. The van der Waals surface area contributed by atoms with Crippen molar-refractivity contribution >= 4 is 5.91 Å². The molecule has 0 radical (unpaired) electrons. The molecule has 5 nitrogen and oxygen atoms in total. The van der Waals surface area contributed by atoms with Gasteiger partial charge in [0.05, 0.1) is 19.2 Å². The summed E-state index contributed by atoms with van der Waals surface area (Å²) in [5.74, 6) is 2.77. The lowest BCUT2D eigenvalue weighted by molar-refractivity contribution is -0.134. The van der Waals surface area contributed by atoms with Gasteiger partial charge in [0, 0.05) is 32.7 Å². The van der Waals surface area contributed by atoms with Crippen molar-refractivity contribution in [1.82, 2.24) is 14.7 Å². The van der Waals surface area contributed by atoms with Gasteiger partial charge in [-0.2, -0.15) is 0 Å². The van der Waals surface area contributed by atoms with Gasteiger partial charge in [-0.25, -0.2) is 0 Å². The van der Waals surface area contributed by atoms with E-state index in [0.717, 1.165) is 38.3 Å². The van der Waals surface area contributed by atoms with Crippen LogP contribution in [0.2, 0.25) is 0 Å². The van der Waals surface area contributed by atoms with E-state index in [2.05, 4.69) is 10.8 Å². The molecular formula is C20H29N3O2. The molecule has 1 atom stereocenters. The fraction of sp³-hybridized carbons (Fsp3) is 0.550. The number of amides is 1. The number of aryl methyl sites for hydroxylation is 1. The van der Waals surface area contributed by atoms with Crippen LogP contribution in [0.4, 0.5) is 0 Å². The van der Waals surface area contributed by atoms with Crippen molar-refractivity contribution in [3.05, 3.63) is 35.4 Å². The molecule has 1 aliphatic heterocycles. The summed E-state index contributed by atoms with van der Waals surface area (Å²) >= 11 is 0. The fourth-order valence-electron chi connectivity index (χ4n) is 3.02. The van der Waals surface area contributed by atoms with Crippen LogP contribution in [0.15, 0.2) is 24.3 Å². The smallest absolute Gasteiger partial charge is 0.236 e. The summed E-state index contributed by atoms with van der Waals surface area (Å²) < 4.78 is 0. The molecule has 1 aromatic carbocycles. The molecule has 25 heavy (non-hydrogen) atoms. The van der Waals surface area contributed by atoms with E-state index in [-0.39, 0.29) is 5.91 Å². The fourth-order valence-corrected chi connectivity index (χ4v) is 3.02. The number of piperazine rings is 1. The van der Waals surface area contributed by atoms with E-state index in [9.17, 15) is 9.90 Å². The molecule has 2 rings (SSSR count). The first-order valence-electron chi connectivity index (χ1n) is 8.94. The predicted octanol–water partition coefficient (Wildman–Crippen LogP) is 1.13.